The minimum absolute atomic E-state index is 0.101. The number of carboxylic acid groups (broad SMARTS) is 1. The largest absolute Gasteiger partial charge is 0.508 e. The Morgan fingerprint density at radius 2 is 1.80 bits per heavy atom. The Hall–Kier alpha value is -3.38. The number of fused-ring (bicyclic) bond motifs is 1. The van der Waals surface area contributed by atoms with Crippen molar-refractivity contribution in [1.82, 2.24) is 10.2 Å². The number of aromatic hydroxyl groups is 1. The van der Waals surface area contributed by atoms with Gasteiger partial charge in [0, 0.05) is 25.4 Å². The third kappa shape index (κ3) is 5.82. The first-order valence-electron chi connectivity index (χ1n) is 12.3. The molecule has 1 aliphatic rings. The lowest BCUT2D eigenvalue weighted by Gasteiger charge is -2.43. The van der Waals surface area contributed by atoms with E-state index >= 15 is 0 Å². The summed E-state index contributed by atoms with van der Waals surface area (Å²) in [4.78, 5) is 27.1. The van der Waals surface area contributed by atoms with Gasteiger partial charge in [-0.3, -0.25) is 9.69 Å². The van der Waals surface area contributed by atoms with Gasteiger partial charge in [-0.1, -0.05) is 68.4 Å². The Balaban J connectivity index is 1.43. The standard InChI is InChI=1S/C29H34N2O4/c1-19-13-15-31(28(20(19)2)23-10-6-11-24(32)17-23)16-14-27(33)30-26(29(34)35)18-22-9-5-8-21-7-3-4-12-25(21)22/h3-12,17,19-20,26,28,32H,13-16,18H2,1-2H3,(H,30,33)(H,34,35)/t19-,20-,26-,28?/m1/s1. The molecule has 1 saturated heterocycles. The van der Waals surface area contributed by atoms with Gasteiger partial charge in [0.15, 0.2) is 0 Å². The first-order chi connectivity index (χ1) is 16.8. The molecular formula is C29H34N2O4. The van der Waals surface area contributed by atoms with Gasteiger partial charge >= 0.3 is 5.97 Å². The number of nitrogens with zero attached hydrogens (tertiary/aromatic N) is 1. The normalized spacial score (nSPS) is 21.5. The number of rotatable bonds is 8. The molecule has 6 nitrogen and oxygen atoms in total. The number of hydrogen-bond acceptors (Lipinski definition) is 4. The van der Waals surface area contributed by atoms with Gasteiger partial charge in [0.1, 0.15) is 11.8 Å². The molecular weight excluding hydrogens is 440 g/mol. The number of phenolic OH excluding ortho intramolecular Hbond substituents is 1. The van der Waals surface area contributed by atoms with Crippen molar-refractivity contribution < 1.29 is 19.8 Å². The average molecular weight is 475 g/mol. The second-order valence-corrected chi connectivity index (χ2v) is 9.75. The van der Waals surface area contributed by atoms with Crippen molar-refractivity contribution >= 4 is 22.6 Å². The average Bonchev–Trinajstić information content (AvgIpc) is 2.84. The van der Waals surface area contributed by atoms with Gasteiger partial charge in [-0.2, -0.15) is 0 Å². The summed E-state index contributed by atoms with van der Waals surface area (Å²) in [5.74, 6) is -0.164. The lowest BCUT2D eigenvalue weighted by Crippen LogP contribution is -2.45. The molecule has 184 valence electrons. The van der Waals surface area contributed by atoms with E-state index in [1.165, 1.54) is 0 Å². The summed E-state index contributed by atoms with van der Waals surface area (Å²) in [5.41, 5.74) is 1.95. The Morgan fingerprint density at radius 3 is 2.57 bits per heavy atom. The molecule has 1 unspecified atom stereocenters. The molecule has 0 bridgehead atoms. The van der Waals surface area contributed by atoms with E-state index in [0.29, 0.717) is 18.4 Å². The number of carbonyl (C=O) groups excluding carboxylic acids is 1. The molecule has 35 heavy (non-hydrogen) atoms. The molecule has 1 fully saturated rings. The van der Waals surface area contributed by atoms with E-state index in [2.05, 4.69) is 24.1 Å². The van der Waals surface area contributed by atoms with Crippen LogP contribution < -0.4 is 5.32 Å². The Bertz CT molecular complexity index is 1190. The van der Waals surface area contributed by atoms with Crippen LogP contribution in [0.5, 0.6) is 5.75 Å². The first kappa shape index (κ1) is 24.7. The van der Waals surface area contributed by atoms with Gasteiger partial charge in [-0.15, -0.1) is 0 Å². The van der Waals surface area contributed by atoms with E-state index in [9.17, 15) is 19.8 Å². The number of amides is 1. The zero-order valence-electron chi connectivity index (χ0n) is 20.4. The SMILES string of the molecule is C[C@@H]1CCN(CCC(=O)N[C@H](Cc2cccc3ccccc23)C(=O)O)C(c2cccc(O)c2)[C@@H]1C. The predicted octanol–water partition coefficient (Wildman–Crippen LogP) is 4.77. The van der Waals surface area contributed by atoms with Crippen molar-refractivity contribution in [3.63, 3.8) is 0 Å². The van der Waals surface area contributed by atoms with Crippen LogP contribution in [-0.2, 0) is 16.0 Å². The van der Waals surface area contributed by atoms with Crippen LogP contribution in [0.4, 0.5) is 0 Å². The summed E-state index contributed by atoms with van der Waals surface area (Å²) in [6.45, 7) is 5.85. The summed E-state index contributed by atoms with van der Waals surface area (Å²) >= 11 is 0. The van der Waals surface area contributed by atoms with E-state index in [-0.39, 0.29) is 30.5 Å². The lowest BCUT2D eigenvalue weighted by atomic mass is 9.79. The molecule has 0 aliphatic carbocycles. The van der Waals surface area contributed by atoms with Gasteiger partial charge in [0.2, 0.25) is 5.91 Å². The number of likely N-dealkylation sites (tertiary alicyclic amines) is 1. The predicted molar refractivity (Wildman–Crippen MR) is 137 cm³/mol. The van der Waals surface area contributed by atoms with Crippen LogP contribution in [0.25, 0.3) is 10.8 Å². The molecule has 4 atom stereocenters. The number of carbonyl (C=O) groups is 2. The first-order valence-corrected chi connectivity index (χ1v) is 12.3. The lowest BCUT2D eigenvalue weighted by molar-refractivity contribution is -0.141. The summed E-state index contributed by atoms with van der Waals surface area (Å²) in [6.07, 6.45) is 1.49. The molecule has 3 N–H and O–H groups in total. The molecule has 0 saturated carbocycles. The molecule has 1 amide bonds. The smallest absolute Gasteiger partial charge is 0.326 e. The van der Waals surface area contributed by atoms with Gasteiger partial charge in [-0.25, -0.2) is 4.79 Å². The molecule has 0 aromatic heterocycles. The number of benzene rings is 3. The number of aliphatic carboxylic acids is 1. The highest BCUT2D eigenvalue weighted by Gasteiger charge is 2.34. The van der Waals surface area contributed by atoms with Crippen molar-refractivity contribution in [2.45, 2.75) is 45.2 Å². The third-order valence-corrected chi connectivity index (χ3v) is 7.44. The molecule has 3 aromatic carbocycles. The van der Waals surface area contributed by atoms with Crippen LogP contribution >= 0.6 is 0 Å². The number of carboxylic acids is 1. The van der Waals surface area contributed by atoms with Crippen molar-refractivity contribution in [3.8, 4) is 5.75 Å². The molecule has 4 rings (SSSR count). The van der Waals surface area contributed by atoms with E-state index < -0.39 is 12.0 Å². The summed E-state index contributed by atoms with van der Waals surface area (Å²) in [6, 6.07) is 20.1. The fourth-order valence-electron chi connectivity index (χ4n) is 5.29. The molecule has 3 aromatic rings. The van der Waals surface area contributed by atoms with Crippen molar-refractivity contribution in [1.29, 1.82) is 0 Å². The van der Waals surface area contributed by atoms with E-state index in [1.54, 1.807) is 12.1 Å². The van der Waals surface area contributed by atoms with E-state index in [1.807, 2.05) is 54.6 Å². The molecule has 0 spiro atoms. The third-order valence-electron chi connectivity index (χ3n) is 7.44. The Kier molecular flexibility index (Phi) is 7.71. The number of nitrogens with one attached hydrogen (secondary N) is 1. The van der Waals surface area contributed by atoms with Crippen LogP contribution in [0.3, 0.4) is 0 Å². The quantitative estimate of drug-likeness (QED) is 0.438. The maximum atomic E-state index is 12.9. The number of hydrogen-bond donors (Lipinski definition) is 3. The molecule has 6 heteroatoms. The highest BCUT2D eigenvalue weighted by atomic mass is 16.4. The fraction of sp³-hybridized carbons (Fsp3) is 0.379. The Morgan fingerprint density at radius 1 is 1.06 bits per heavy atom. The maximum absolute atomic E-state index is 12.9. The molecule has 1 aliphatic heterocycles. The van der Waals surface area contributed by atoms with Crippen LogP contribution in [0.15, 0.2) is 66.7 Å². The monoisotopic (exact) mass is 474 g/mol. The van der Waals surface area contributed by atoms with Gasteiger partial charge < -0.3 is 15.5 Å². The van der Waals surface area contributed by atoms with E-state index in [0.717, 1.165) is 34.9 Å². The summed E-state index contributed by atoms with van der Waals surface area (Å²) in [5, 5.41) is 24.6. The van der Waals surface area contributed by atoms with Gasteiger partial charge in [0.05, 0.1) is 0 Å². The van der Waals surface area contributed by atoms with Gasteiger partial charge in [-0.05, 0) is 58.8 Å². The second-order valence-electron chi connectivity index (χ2n) is 9.75. The van der Waals surface area contributed by atoms with Crippen LogP contribution in [-0.4, -0.2) is 46.1 Å². The number of piperidine rings is 1. The zero-order chi connectivity index (χ0) is 24.9. The molecule has 0 radical (unpaired) electrons. The van der Waals surface area contributed by atoms with Crippen LogP contribution in [0.1, 0.15) is 43.9 Å². The summed E-state index contributed by atoms with van der Waals surface area (Å²) < 4.78 is 0. The van der Waals surface area contributed by atoms with Crippen molar-refractivity contribution in [3.05, 3.63) is 77.9 Å². The minimum atomic E-state index is -1.04. The van der Waals surface area contributed by atoms with Crippen molar-refractivity contribution in [2.24, 2.45) is 11.8 Å². The zero-order valence-corrected chi connectivity index (χ0v) is 20.4. The maximum Gasteiger partial charge on any atom is 0.326 e. The topological polar surface area (TPSA) is 89.9 Å². The minimum Gasteiger partial charge on any atom is -0.508 e. The molecule has 1 heterocycles. The Labute approximate surface area is 206 Å². The summed E-state index contributed by atoms with van der Waals surface area (Å²) in [7, 11) is 0. The van der Waals surface area contributed by atoms with Crippen LogP contribution in [0, 0.1) is 11.8 Å². The highest BCUT2D eigenvalue weighted by Crippen LogP contribution is 2.39. The number of phenols is 1. The van der Waals surface area contributed by atoms with Gasteiger partial charge in [0.25, 0.3) is 0 Å². The van der Waals surface area contributed by atoms with E-state index in [4.69, 9.17) is 0 Å². The van der Waals surface area contributed by atoms with Crippen molar-refractivity contribution in [2.75, 3.05) is 13.1 Å². The highest BCUT2D eigenvalue weighted by molar-refractivity contribution is 5.88. The second kappa shape index (κ2) is 10.9. The van der Waals surface area contributed by atoms with Crippen LogP contribution in [0.2, 0.25) is 0 Å². The fourth-order valence-corrected chi connectivity index (χ4v) is 5.29.